The zero-order valence-electron chi connectivity index (χ0n) is 8.90. The summed E-state index contributed by atoms with van der Waals surface area (Å²) in [6.07, 6.45) is 1.00. The summed E-state index contributed by atoms with van der Waals surface area (Å²) in [5.74, 6) is -1.79. The molecule has 1 aliphatic heterocycles. The van der Waals surface area contributed by atoms with Gasteiger partial charge >= 0.3 is 0 Å². The maximum Gasteiger partial charge on any atom is 0.159 e. The van der Waals surface area contributed by atoms with E-state index in [4.69, 9.17) is 0 Å². The van der Waals surface area contributed by atoms with Crippen LogP contribution in [0.4, 0.5) is 13.2 Å². The fraction of sp³-hybridized carbons (Fsp3) is 0.500. The lowest BCUT2D eigenvalue weighted by Gasteiger charge is -2.30. The van der Waals surface area contributed by atoms with Crippen molar-refractivity contribution >= 4 is 0 Å². The van der Waals surface area contributed by atoms with E-state index in [0.29, 0.717) is 31.5 Å². The monoisotopic (exact) mass is 229 g/mol. The number of halogens is 3. The lowest BCUT2D eigenvalue weighted by atomic mass is 9.88. The summed E-state index contributed by atoms with van der Waals surface area (Å²) in [5, 5.41) is 3.07. The van der Waals surface area contributed by atoms with E-state index in [2.05, 4.69) is 5.32 Å². The van der Waals surface area contributed by atoms with Gasteiger partial charge in [0.2, 0.25) is 0 Å². The lowest BCUT2D eigenvalue weighted by Crippen LogP contribution is -2.40. The maximum atomic E-state index is 14.2. The molecule has 16 heavy (non-hydrogen) atoms. The number of hydrogen-bond donors (Lipinski definition) is 1. The van der Waals surface area contributed by atoms with Gasteiger partial charge in [0, 0.05) is 6.42 Å². The zero-order valence-corrected chi connectivity index (χ0v) is 8.90. The Morgan fingerprint density at radius 3 is 2.44 bits per heavy atom. The van der Waals surface area contributed by atoms with Crippen LogP contribution in [0.1, 0.15) is 18.4 Å². The molecule has 88 valence electrons. The lowest BCUT2D eigenvalue weighted by molar-refractivity contribution is 0.116. The number of alkyl halides is 1. The van der Waals surface area contributed by atoms with E-state index in [1.165, 1.54) is 6.07 Å². The third-order valence-corrected chi connectivity index (χ3v) is 3.00. The van der Waals surface area contributed by atoms with Gasteiger partial charge in [0.05, 0.1) is 0 Å². The van der Waals surface area contributed by atoms with E-state index < -0.39 is 17.3 Å². The highest BCUT2D eigenvalue weighted by molar-refractivity contribution is 5.20. The average molecular weight is 229 g/mol. The molecule has 0 atom stereocenters. The Hall–Kier alpha value is -1.03. The minimum absolute atomic E-state index is 0.159. The average Bonchev–Trinajstić information content (AvgIpc) is 2.24. The first-order valence-electron chi connectivity index (χ1n) is 5.43. The summed E-state index contributed by atoms with van der Waals surface area (Å²) >= 11 is 0. The smallest absolute Gasteiger partial charge is 0.159 e. The van der Waals surface area contributed by atoms with E-state index in [1.807, 2.05) is 0 Å². The molecule has 0 radical (unpaired) electrons. The molecule has 0 aliphatic carbocycles. The molecule has 0 bridgehead atoms. The van der Waals surface area contributed by atoms with Gasteiger partial charge in [-0.15, -0.1) is 0 Å². The van der Waals surface area contributed by atoms with Crippen LogP contribution >= 0.6 is 0 Å². The molecule has 1 aliphatic rings. The summed E-state index contributed by atoms with van der Waals surface area (Å²) in [7, 11) is 0. The fourth-order valence-corrected chi connectivity index (χ4v) is 2.07. The normalized spacial score (nSPS) is 19.7. The number of benzene rings is 1. The summed E-state index contributed by atoms with van der Waals surface area (Å²) in [4.78, 5) is 0. The molecule has 2 rings (SSSR count). The fourth-order valence-electron chi connectivity index (χ4n) is 2.07. The Labute approximate surface area is 92.7 Å². The van der Waals surface area contributed by atoms with Crippen molar-refractivity contribution in [1.82, 2.24) is 5.32 Å². The SMILES string of the molecule is Fc1ccc(CC2(F)CCNCC2)cc1F. The van der Waals surface area contributed by atoms with Crippen LogP contribution in [0.15, 0.2) is 18.2 Å². The van der Waals surface area contributed by atoms with Crippen molar-refractivity contribution in [1.29, 1.82) is 0 Å². The second-order valence-corrected chi connectivity index (χ2v) is 4.33. The number of rotatable bonds is 2. The summed E-state index contributed by atoms with van der Waals surface area (Å²) in [5.41, 5.74) is -0.765. The number of piperidine rings is 1. The van der Waals surface area contributed by atoms with Gasteiger partial charge in [-0.05, 0) is 43.6 Å². The molecule has 1 aromatic carbocycles. The Balaban J connectivity index is 2.10. The molecule has 4 heteroatoms. The summed E-state index contributed by atoms with van der Waals surface area (Å²) in [6, 6.07) is 3.58. The van der Waals surface area contributed by atoms with E-state index in [0.717, 1.165) is 12.1 Å². The van der Waals surface area contributed by atoms with Gasteiger partial charge < -0.3 is 5.32 Å². The van der Waals surface area contributed by atoms with Crippen LogP contribution in [0.25, 0.3) is 0 Å². The number of hydrogen-bond acceptors (Lipinski definition) is 1. The molecule has 0 amide bonds. The van der Waals surface area contributed by atoms with Crippen molar-refractivity contribution < 1.29 is 13.2 Å². The Morgan fingerprint density at radius 1 is 1.12 bits per heavy atom. The topological polar surface area (TPSA) is 12.0 Å². The standard InChI is InChI=1S/C12H14F3N/c13-10-2-1-9(7-11(10)14)8-12(15)3-5-16-6-4-12/h1-2,7,16H,3-6,8H2. The van der Waals surface area contributed by atoms with Gasteiger partial charge in [-0.1, -0.05) is 6.07 Å². The van der Waals surface area contributed by atoms with Crippen LogP contribution < -0.4 is 5.32 Å². The van der Waals surface area contributed by atoms with Crippen LogP contribution in [-0.4, -0.2) is 18.8 Å². The third-order valence-electron chi connectivity index (χ3n) is 3.00. The minimum Gasteiger partial charge on any atom is -0.316 e. The first-order chi connectivity index (χ1) is 7.59. The molecule has 1 nitrogen and oxygen atoms in total. The van der Waals surface area contributed by atoms with E-state index in [9.17, 15) is 13.2 Å². The summed E-state index contributed by atoms with van der Waals surface area (Å²) in [6.45, 7) is 1.28. The van der Waals surface area contributed by atoms with Crippen molar-refractivity contribution in [3.8, 4) is 0 Å². The van der Waals surface area contributed by atoms with Gasteiger partial charge in [0.15, 0.2) is 11.6 Å². The van der Waals surface area contributed by atoms with E-state index in [1.54, 1.807) is 0 Å². The summed E-state index contributed by atoms with van der Waals surface area (Å²) < 4.78 is 39.9. The predicted octanol–water partition coefficient (Wildman–Crippen LogP) is 2.60. The molecule has 0 saturated carbocycles. The van der Waals surface area contributed by atoms with Crippen molar-refractivity contribution in [2.45, 2.75) is 24.9 Å². The third kappa shape index (κ3) is 2.55. The van der Waals surface area contributed by atoms with Crippen LogP contribution in [0.3, 0.4) is 0 Å². The van der Waals surface area contributed by atoms with Crippen molar-refractivity contribution in [3.63, 3.8) is 0 Å². The van der Waals surface area contributed by atoms with Gasteiger partial charge in [-0.25, -0.2) is 13.2 Å². The minimum atomic E-state index is -1.28. The van der Waals surface area contributed by atoms with Gasteiger partial charge in [0.25, 0.3) is 0 Å². The predicted molar refractivity (Wildman–Crippen MR) is 56.0 cm³/mol. The van der Waals surface area contributed by atoms with Crippen LogP contribution in [0.2, 0.25) is 0 Å². The molecule has 1 heterocycles. The largest absolute Gasteiger partial charge is 0.316 e. The Bertz CT molecular complexity index is 373. The van der Waals surface area contributed by atoms with Gasteiger partial charge in [0.1, 0.15) is 5.67 Å². The van der Waals surface area contributed by atoms with Crippen LogP contribution in [-0.2, 0) is 6.42 Å². The zero-order chi connectivity index (χ0) is 11.6. The van der Waals surface area contributed by atoms with E-state index >= 15 is 0 Å². The highest BCUT2D eigenvalue weighted by atomic mass is 19.2. The van der Waals surface area contributed by atoms with E-state index in [-0.39, 0.29) is 6.42 Å². The molecule has 1 N–H and O–H groups in total. The quantitative estimate of drug-likeness (QED) is 0.822. The van der Waals surface area contributed by atoms with Crippen LogP contribution in [0, 0.1) is 11.6 Å². The van der Waals surface area contributed by atoms with Crippen molar-refractivity contribution in [3.05, 3.63) is 35.4 Å². The first kappa shape index (κ1) is 11.5. The highest BCUT2D eigenvalue weighted by Gasteiger charge is 2.31. The van der Waals surface area contributed by atoms with Gasteiger partial charge in [-0.3, -0.25) is 0 Å². The molecular formula is C12H14F3N. The highest BCUT2D eigenvalue weighted by Crippen LogP contribution is 2.28. The molecule has 1 aromatic rings. The van der Waals surface area contributed by atoms with Crippen molar-refractivity contribution in [2.24, 2.45) is 0 Å². The second kappa shape index (κ2) is 4.45. The molecular weight excluding hydrogens is 215 g/mol. The Morgan fingerprint density at radius 2 is 1.81 bits per heavy atom. The molecule has 0 unspecified atom stereocenters. The second-order valence-electron chi connectivity index (χ2n) is 4.33. The molecule has 1 saturated heterocycles. The number of nitrogens with one attached hydrogen (secondary N) is 1. The molecule has 0 spiro atoms. The molecule has 0 aromatic heterocycles. The molecule has 1 fully saturated rings. The van der Waals surface area contributed by atoms with Crippen molar-refractivity contribution in [2.75, 3.05) is 13.1 Å². The van der Waals surface area contributed by atoms with Gasteiger partial charge in [-0.2, -0.15) is 0 Å². The Kier molecular flexibility index (Phi) is 3.19. The first-order valence-corrected chi connectivity index (χ1v) is 5.43. The maximum absolute atomic E-state index is 14.2. The van der Waals surface area contributed by atoms with Crippen LogP contribution in [0.5, 0.6) is 0 Å².